The fraction of sp³-hybridized carbons (Fsp3) is 0.500. The number of anilines is 1. The number of hydrogen-bond donors (Lipinski definition) is 2. The van der Waals surface area contributed by atoms with Crippen LogP contribution >= 0.6 is 12.2 Å². The first kappa shape index (κ1) is 13.3. The smallest absolute Gasteiger partial charge is 0.168 e. The first-order valence-corrected chi connectivity index (χ1v) is 6.95. The lowest BCUT2D eigenvalue weighted by atomic mass is 10.0. The second kappa shape index (κ2) is 6.16. The largest absolute Gasteiger partial charge is 0.376 e. The Balaban J connectivity index is 2.02. The summed E-state index contributed by atoms with van der Waals surface area (Å²) >= 11 is 4.86. The van der Waals surface area contributed by atoms with Crippen LogP contribution in [0.4, 0.5) is 5.69 Å². The van der Waals surface area contributed by atoms with Gasteiger partial charge < -0.3 is 11.1 Å². The van der Waals surface area contributed by atoms with E-state index >= 15 is 0 Å². The number of likely N-dealkylation sites (tertiary alicyclic amines) is 1. The molecule has 0 saturated carbocycles. The van der Waals surface area contributed by atoms with Crippen LogP contribution in [0.15, 0.2) is 24.3 Å². The Morgan fingerprint density at radius 2 is 2.33 bits per heavy atom. The first-order chi connectivity index (χ1) is 8.65. The van der Waals surface area contributed by atoms with Crippen molar-refractivity contribution < 1.29 is 0 Å². The number of nitrogens with two attached hydrogens (primary N) is 1. The molecule has 0 radical (unpaired) electrons. The van der Waals surface area contributed by atoms with E-state index in [-0.39, 0.29) is 0 Å². The van der Waals surface area contributed by atoms with Crippen LogP contribution in [0.2, 0.25) is 0 Å². The molecule has 1 unspecified atom stereocenters. The minimum absolute atomic E-state index is 0.318. The fourth-order valence-corrected chi connectivity index (χ4v) is 2.63. The maximum atomic E-state index is 5.49. The van der Waals surface area contributed by atoms with Crippen LogP contribution in [0.1, 0.15) is 31.7 Å². The van der Waals surface area contributed by atoms with Gasteiger partial charge in [0, 0.05) is 18.3 Å². The maximum Gasteiger partial charge on any atom is 0.168 e. The van der Waals surface area contributed by atoms with Gasteiger partial charge in [-0.2, -0.15) is 0 Å². The molecule has 1 aliphatic heterocycles. The highest BCUT2D eigenvalue weighted by atomic mass is 32.1. The van der Waals surface area contributed by atoms with Crippen molar-refractivity contribution in [2.45, 2.75) is 38.8 Å². The molecule has 0 bridgehead atoms. The average Bonchev–Trinajstić information content (AvgIpc) is 2.32. The molecule has 1 atom stereocenters. The van der Waals surface area contributed by atoms with Crippen LogP contribution in [0.3, 0.4) is 0 Å². The lowest BCUT2D eigenvalue weighted by Crippen LogP contribution is -2.36. The van der Waals surface area contributed by atoms with Gasteiger partial charge in [0.05, 0.1) is 0 Å². The van der Waals surface area contributed by atoms with Crippen LogP contribution in [-0.2, 0) is 6.54 Å². The van der Waals surface area contributed by atoms with Crippen LogP contribution in [0.25, 0.3) is 0 Å². The van der Waals surface area contributed by atoms with Gasteiger partial charge in [0.15, 0.2) is 5.11 Å². The van der Waals surface area contributed by atoms with Crippen molar-refractivity contribution in [2.24, 2.45) is 5.73 Å². The van der Waals surface area contributed by atoms with E-state index < -0.39 is 0 Å². The molecule has 1 aromatic rings. The maximum absolute atomic E-state index is 5.49. The number of thiocarbonyl (C=S) groups is 1. The topological polar surface area (TPSA) is 41.3 Å². The van der Waals surface area contributed by atoms with Crippen molar-refractivity contribution in [3.8, 4) is 0 Å². The van der Waals surface area contributed by atoms with Gasteiger partial charge in [0.25, 0.3) is 0 Å². The van der Waals surface area contributed by atoms with E-state index in [4.69, 9.17) is 18.0 Å². The second-order valence-electron chi connectivity index (χ2n) is 5.00. The van der Waals surface area contributed by atoms with E-state index in [1.54, 1.807) is 0 Å². The van der Waals surface area contributed by atoms with E-state index in [1.807, 2.05) is 12.1 Å². The van der Waals surface area contributed by atoms with Crippen molar-refractivity contribution >= 4 is 23.0 Å². The summed E-state index contributed by atoms with van der Waals surface area (Å²) in [5.41, 5.74) is 7.78. The summed E-state index contributed by atoms with van der Waals surface area (Å²) in [5, 5.41) is 3.30. The highest BCUT2D eigenvalue weighted by Gasteiger charge is 2.17. The molecular formula is C14H21N3S. The van der Waals surface area contributed by atoms with Gasteiger partial charge in [-0.15, -0.1) is 0 Å². The normalized spacial score (nSPS) is 20.6. The number of rotatable bonds is 3. The molecule has 1 saturated heterocycles. The van der Waals surface area contributed by atoms with E-state index in [2.05, 4.69) is 29.3 Å². The zero-order chi connectivity index (χ0) is 13.0. The molecule has 0 spiro atoms. The van der Waals surface area contributed by atoms with Crippen molar-refractivity contribution in [3.05, 3.63) is 29.8 Å². The Bertz CT molecular complexity index is 419. The molecule has 18 heavy (non-hydrogen) atoms. The second-order valence-corrected chi connectivity index (χ2v) is 5.44. The number of piperidine rings is 1. The van der Waals surface area contributed by atoms with Gasteiger partial charge in [0.1, 0.15) is 0 Å². The van der Waals surface area contributed by atoms with Crippen molar-refractivity contribution in [1.29, 1.82) is 0 Å². The Kier molecular flexibility index (Phi) is 4.55. The monoisotopic (exact) mass is 263 g/mol. The Morgan fingerprint density at radius 1 is 1.50 bits per heavy atom. The molecule has 3 N–H and O–H groups in total. The lowest BCUT2D eigenvalue weighted by molar-refractivity contribution is 0.152. The van der Waals surface area contributed by atoms with Gasteiger partial charge in [-0.3, -0.25) is 4.90 Å². The zero-order valence-corrected chi connectivity index (χ0v) is 11.7. The average molecular weight is 263 g/mol. The molecule has 2 rings (SSSR count). The van der Waals surface area contributed by atoms with Crippen LogP contribution in [0.5, 0.6) is 0 Å². The van der Waals surface area contributed by atoms with Gasteiger partial charge in [-0.25, -0.2) is 0 Å². The van der Waals surface area contributed by atoms with Crippen molar-refractivity contribution in [1.82, 2.24) is 4.90 Å². The lowest BCUT2D eigenvalue weighted by Gasteiger charge is -2.33. The SMILES string of the molecule is CC1CCCCN1Cc1cccc(NC(N)=S)c1. The highest BCUT2D eigenvalue weighted by molar-refractivity contribution is 7.80. The molecule has 1 heterocycles. The summed E-state index contributed by atoms with van der Waals surface area (Å²) in [6, 6.07) is 9.00. The molecule has 0 aliphatic carbocycles. The standard InChI is InChI=1S/C14H21N3S/c1-11-5-2-3-8-17(11)10-12-6-4-7-13(9-12)16-14(15)18/h4,6-7,9,11H,2-3,5,8,10H2,1H3,(H3,15,16,18). The predicted molar refractivity (Wildman–Crippen MR) is 80.6 cm³/mol. The molecule has 1 aromatic carbocycles. The Hall–Kier alpha value is -1.13. The first-order valence-electron chi connectivity index (χ1n) is 6.54. The number of hydrogen-bond acceptors (Lipinski definition) is 2. The summed E-state index contributed by atoms with van der Waals surface area (Å²) < 4.78 is 0. The predicted octanol–water partition coefficient (Wildman–Crippen LogP) is 2.72. The van der Waals surface area contributed by atoms with Crippen LogP contribution in [0, 0.1) is 0 Å². The van der Waals surface area contributed by atoms with Crippen LogP contribution in [-0.4, -0.2) is 22.6 Å². The summed E-state index contributed by atoms with van der Waals surface area (Å²) in [4.78, 5) is 2.55. The summed E-state index contributed by atoms with van der Waals surface area (Å²) in [5.74, 6) is 0. The highest BCUT2D eigenvalue weighted by Crippen LogP contribution is 2.20. The minimum Gasteiger partial charge on any atom is -0.376 e. The van der Waals surface area contributed by atoms with Crippen molar-refractivity contribution in [3.63, 3.8) is 0 Å². The van der Waals surface area contributed by atoms with E-state index in [1.165, 1.54) is 31.4 Å². The zero-order valence-electron chi connectivity index (χ0n) is 10.9. The number of benzene rings is 1. The molecular weight excluding hydrogens is 242 g/mol. The van der Waals surface area contributed by atoms with E-state index in [0.29, 0.717) is 11.2 Å². The van der Waals surface area contributed by atoms with Crippen LogP contribution < -0.4 is 11.1 Å². The molecule has 1 fully saturated rings. The summed E-state index contributed by atoms with van der Waals surface area (Å²) in [6.07, 6.45) is 3.99. The third-order valence-electron chi connectivity index (χ3n) is 3.52. The molecule has 0 aromatic heterocycles. The van der Waals surface area contributed by atoms with Crippen molar-refractivity contribution in [2.75, 3.05) is 11.9 Å². The van der Waals surface area contributed by atoms with Gasteiger partial charge >= 0.3 is 0 Å². The summed E-state index contributed by atoms with van der Waals surface area (Å²) in [6.45, 7) is 4.53. The van der Waals surface area contributed by atoms with E-state index in [0.717, 1.165) is 12.2 Å². The molecule has 0 amide bonds. The quantitative estimate of drug-likeness (QED) is 0.823. The molecule has 98 valence electrons. The molecule has 3 nitrogen and oxygen atoms in total. The van der Waals surface area contributed by atoms with E-state index in [9.17, 15) is 0 Å². The third kappa shape index (κ3) is 3.68. The van der Waals surface area contributed by atoms with Gasteiger partial charge in [-0.1, -0.05) is 18.6 Å². The fourth-order valence-electron chi connectivity index (χ4n) is 2.52. The van der Waals surface area contributed by atoms with Gasteiger partial charge in [0.2, 0.25) is 0 Å². The number of nitrogens with one attached hydrogen (secondary N) is 1. The molecule has 4 heteroatoms. The molecule has 1 aliphatic rings. The Morgan fingerprint density at radius 3 is 3.06 bits per heavy atom. The third-order valence-corrected chi connectivity index (χ3v) is 3.62. The van der Waals surface area contributed by atoms with Gasteiger partial charge in [-0.05, 0) is 56.2 Å². The minimum atomic E-state index is 0.318. The Labute approximate surface area is 114 Å². The summed E-state index contributed by atoms with van der Waals surface area (Å²) in [7, 11) is 0. The number of nitrogens with zero attached hydrogens (tertiary/aromatic N) is 1.